The minimum absolute atomic E-state index is 0.125. The van der Waals surface area contributed by atoms with Crippen molar-refractivity contribution >= 4 is 46.3 Å². The Morgan fingerprint density at radius 1 is 1.12 bits per heavy atom. The first-order valence-corrected chi connectivity index (χ1v) is 11.7. The van der Waals surface area contributed by atoms with Gasteiger partial charge < -0.3 is 14.4 Å². The van der Waals surface area contributed by atoms with Gasteiger partial charge in [-0.25, -0.2) is 9.79 Å². The van der Waals surface area contributed by atoms with Gasteiger partial charge in [0.05, 0.1) is 29.9 Å². The second-order valence-electron chi connectivity index (χ2n) is 7.24. The largest absolute Gasteiger partial charge is 0.493 e. The Labute approximate surface area is 199 Å². The lowest BCUT2D eigenvalue weighted by molar-refractivity contribution is -0.121. The van der Waals surface area contributed by atoms with Crippen molar-refractivity contribution in [3.05, 3.63) is 58.5 Å². The molecule has 0 spiro atoms. The first-order chi connectivity index (χ1) is 15.9. The maximum atomic E-state index is 12.9. The van der Waals surface area contributed by atoms with Gasteiger partial charge in [0.2, 0.25) is 0 Å². The summed E-state index contributed by atoms with van der Waals surface area (Å²) < 4.78 is 10.6. The molecule has 1 saturated heterocycles. The third-order valence-electron chi connectivity index (χ3n) is 5.23. The molecule has 0 atom stereocenters. The number of benzene rings is 2. The molecule has 7 nitrogen and oxygen atoms in total. The molecular formula is C25H29N3O4S. The zero-order valence-corrected chi connectivity index (χ0v) is 20.4. The molecule has 3 rings (SSSR count). The summed E-state index contributed by atoms with van der Waals surface area (Å²) >= 11 is 1.31. The van der Waals surface area contributed by atoms with Crippen molar-refractivity contribution < 1.29 is 19.1 Å². The topological polar surface area (TPSA) is 71.4 Å². The SMILES string of the molecule is CCOc1cc(N(CC)CC)ccc1/C=C1/SC(=Nc2ccc(C(=O)OC)cc2)N(C)C1=O. The van der Waals surface area contributed by atoms with E-state index in [9.17, 15) is 9.59 Å². The molecule has 0 radical (unpaired) electrons. The number of carbonyl (C=O) groups excluding carboxylic acids is 2. The molecule has 0 bridgehead atoms. The first kappa shape index (κ1) is 24.4. The highest BCUT2D eigenvalue weighted by Crippen LogP contribution is 2.36. The second-order valence-corrected chi connectivity index (χ2v) is 8.24. The third kappa shape index (κ3) is 5.57. The van der Waals surface area contributed by atoms with Crippen LogP contribution in [0.4, 0.5) is 11.4 Å². The van der Waals surface area contributed by atoms with E-state index in [1.165, 1.54) is 23.8 Å². The Bertz CT molecular complexity index is 1080. The molecule has 1 heterocycles. The molecule has 174 valence electrons. The number of ether oxygens (including phenoxy) is 2. The minimum atomic E-state index is -0.404. The van der Waals surface area contributed by atoms with Crippen LogP contribution in [0.5, 0.6) is 5.75 Å². The predicted octanol–water partition coefficient (Wildman–Crippen LogP) is 4.95. The van der Waals surface area contributed by atoms with Crippen LogP contribution in [0, 0.1) is 0 Å². The number of hydrogen-bond acceptors (Lipinski definition) is 7. The Balaban J connectivity index is 1.88. The summed E-state index contributed by atoms with van der Waals surface area (Å²) in [4.78, 5) is 33.4. The molecule has 8 heteroatoms. The Hall–Kier alpha value is -3.26. The zero-order valence-electron chi connectivity index (χ0n) is 19.6. The molecule has 2 aromatic rings. The fourth-order valence-corrected chi connectivity index (χ4v) is 4.38. The van der Waals surface area contributed by atoms with Crippen molar-refractivity contribution in [1.29, 1.82) is 0 Å². The fourth-order valence-electron chi connectivity index (χ4n) is 3.40. The van der Waals surface area contributed by atoms with Gasteiger partial charge in [0.15, 0.2) is 5.17 Å². The van der Waals surface area contributed by atoms with E-state index in [1.54, 1.807) is 31.3 Å². The zero-order chi connectivity index (χ0) is 24.0. The van der Waals surface area contributed by atoms with E-state index in [0.29, 0.717) is 27.9 Å². The van der Waals surface area contributed by atoms with Crippen molar-refractivity contribution in [2.45, 2.75) is 20.8 Å². The van der Waals surface area contributed by atoms with Crippen LogP contribution in [0.1, 0.15) is 36.7 Å². The third-order valence-corrected chi connectivity index (χ3v) is 6.29. The van der Waals surface area contributed by atoms with Crippen LogP contribution in [-0.4, -0.2) is 55.8 Å². The summed E-state index contributed by atoms with van der Waals surface area (Å²) in [5.74, 6) is 0.216. The van der Waals surface area contributed by atoms with Gasteiger partial charge in [-0.1, -0.05) is 0 Å². The molecular weight excluding hydrogens is 438 g/mol. The summed E-state index contributed by atoms with van der Waals surface area (Å²) in [5.41, 5.74) is 3.03. The van der Waals surface area contributed by atoms with Crippen LogP contribution < -0.4 is 9.64 Å². The lowest BCUT2D eigenvalue weighted by atomic mass is 10.1. The van der Waals surface area contributed by atoms with Crippen molar-refractivity contribution in [1.82, 2.24) is 4.90 Å². The highest BCUT2D eigenvalue weighted by molar-refractivity contribution is 8.18. The molecule has 0 N–H and O–H groups in total. The molecule has 2 aromatic carbocycles. The molecule has 1 fully saturated rings. The normalized spacial score (nSPS) is 15.9. The number of rotatable bonds is 8. The standard InChI is InChI=1S/C25H29N3O4S/c1-6-28(7-2)20-14-11-18(21(16-20)32-8-3)15-22-23(29)27(4)25(33-22)26-19-12-9-17(10-13-19)24(30)31-5/h9-16H,6-8H2,1-5H3/b22-15+,26-25?. The molecule has 1 aliphatic rings. The van der Waals surface area contributed by atoms with Crippen LogP contribution in [-0.2, 0) is 9.53 Å². The van der Waals surface area contributed by atoms with Crippen molar-refractivity contribution in [3.8, 4) is 5.75 Å². The number of amides is 1. The van der Waals surface area contributed by atoms with E-state index in [0.717, 1.165) is 30.1 Å². The summed E-state index contributed by atoms with van der Waals surface area (Å²) in [7, 11) is 3.04. The van der Waals surface area contributed by atoms with Crippen molar-refractivity contribution in [2.24, 2.45) is 4.99 Å². The number of amidine groups is 1. The maximum absolute atomic E-state index is 12.9. The molecule has 0 aromatic heterocycles. The van der Waals surface area contributed by atoms with Crippen LogP contribution in [0.15, 0.2) is 52.4 Å². The number of nitrogens with zero attached hydrogens (tertiary/aromatic N) is 3. The lowest BCUT2D eigenvalue weighted by Crippen LogP contribution is -2.23. The molecule has 0 aliphatic carbocycles. The van der Waals surface area contributed by atoms with Gasteiger partial charge in [-0.3, -0.25) is 9.69 Å². The van der Waals surface area contributed by atoms with E-state index in [1.807, 2.05) is 31.2 Å². The minimum Gasteiger partial charge on any atom is -0.493 e. The number of hydrogen-bond donors (Lipinski definition) is 0. The lowest BCUT2D eigenvalue weighted by Gasteiger charge is -2.22. The van der Waals surface area contributed by atoms with Crippen LogP contribution in [0.25, 0.3) is 6.08 Å². The summed E-state index contributed by atoms with van der Waals surface area (Å²) in [6, 6.07) is 12.8. The quantitative estimate of drug-likeness (QED) is 0.404. The highest BCUT2D eigenvalue weighted by atomic mass is 32.2. The summed E-state index contributed by atoms with van der Waals surface area (Å²) in [5, 5.41) is 0.565. The van der Waals surface area contributed by atoms with Crippen LogP contribution >= 0.6 is 11.8 Å². The van der Waals surface area contributed by atoms with Crippen molar-refractivity contribution in [3.63, 3.8) is 0 Å². The van der Waals surface area contributed by atoms with Gasteiger partial charge in [0.1, 0.15) is 5.75 Å². The summed E-state index contributed by atoms with van der Waals surface area (Å²) in [6.45, 7) is 8.53. The number of methoxy groups -OCH3 is 1. The molecule has 1 aliphatic heterocycles. The van der Waals surface area contributed by atoms with Gasteiger partial charge in [0, 0.05) is 37.5 Å². The van der Waals surface area contributed by atoms with E-state index in [4.69, 9.17) is 9.47 Å². The predicted molar refractivity (Wildman–Crippen MR) is 134 cm³/mol. The molecule has 0 unspecified atom stereocenters. The van der Waals surface area contributed by atoms with Crippen molar-refractivity contribution in [2.75, 3.05) is 38.8 Å². The van der Waals surface area contributed by atoms with Gasteiger partial charge in [0.25, 0.3) is 5.91 Å². The monoisotopic (exact) mass is 467 g/mol. The van der Waals surface area contributed by atoms with Gasteiger partial charge in [-0.05, 0) is 75.0 Å². The maximum Gasteiger partial charge on any atom is 0.337 e. The Morgan fingerprint density at radius 2 is 1.82 bits per heavy atom. The number of esters is 1. The van der Waals surface area contributed by atoms with Gasteiger partial charge in [-0.2, -0.15) is 0 Å². The highest BCUT2D eigenvalue weighted by Gasteiger charge is 2.30. The number of anilines is 1. The average Bonchev–Trinajstić information content (AvgIpc) is 3.09. The van der Waals surface area contributed by atoms with Gasteiger partial charge >= 0.3 is 5.97 Å². The van der Waals surface area contributed by atoms with Gasteiger partial charge in [-0.15, -0.1) is 0 Å². The Kier molecular flexibility index (Phi) is 8.16. The molecule has 33 heavy (non-hydrogen) atoms. The van der Waals surface area contributed by atoms with E-state index < -0.39 is 5.97 Å². The van der Waals surface area contributed by atoms with E-state index in [-0.39, 0.29) is 5.91 Å². The smallest absolute Gasteiger partial charge is 0.337 e. The van der Waals surface area contributed by atoms with E-state index >= 15 is 0 Å². The first-order valence-electron chi connectivity index (χ1n) is 10.9. The second kappa shape index (κ2) is 11.0. The number of thioether (sulfide) groups is 1. The average molecular weight is 468 g/mol. The number of likely N-dealkylation sites (N-methyl/N-ethyl adjacent to an activating group) is 1. The van der Waals surface area contributed by atoms with Crippen LogP contribution in [0.2, 0.25) is 0 Å². The fraction of sp³-hybridized carbons (Fsp3) is 0.320. The van der Waals surface area contributed by atoms with Crippen LogP contribution in [0.3, 0.4) is 0 Å². The number of aliphatic imine (C=N–C) groups is 1. The molecule has 1 amide bonds. The summed E-state index contributed by atoms with van der Waals surface area (Å²) in [6.07, 6.45) is 1.85. The Morgan fingerprint density at radius 3 is 2.42 bits per heavy atom. The molecule has 0 saturated carbocycles. The van der Waals surface area contributed by atoms with E-state index in [2.05, 4.69) is 23.7 Å². The number of carbonyl (C=O) groups is 2.